The minimum atomic E-state index is 0.542. The van der Waals surface area contributed by atoms with Crippen LogP contribution >= 0.6 is 11.3 Å². The Kier molecular flexibility index (Phi) is 5.56. The number of nitrogens with two attached hydrogens (primary N) is 1. The SMILES string of the molecule is CCN(CCc1ccncc1)C(C)Cc1ccc(N)s1. The summed E-state index contributed by atoms with van der Waals surface area (Å²) >= 11 is 1.70. The van der Waals surface area contributed by atoms with Crippen LogP contribution in [0, 0.1) is 0 Å². The molecule has 2 aromatic heterocycles. The van der Waals surface area contributed by atoms with Gasteiger partial charge in [-0.25, -0.2) is 0 Å². The van der Waals surface area contributed by atoms with Crippen molar-refractivity contribution in [3.8, 4) is 0 Å². The fourth-order valence-corrected chi connectivity index (χ4v) is 3.34. The number of thiophene rings is 1. The summed E-state index contributed by atoms with van der Waals surface area (Å²) in [6, 6.07) is 8.88. The van der Waals surface area contributed by atoms with Gasteiger partial charge in [-0.3, -0.25) is 4.98 Å². The van der Waals surface area contributed by atoms with Gasteiger partial charge in [0.15, 0.2) is 0 Å². The highest BCUT2D eigenvalue weighted by Gasteiger charge is 2.13. The molecule has 0 saturated heterocycles. The van der Waals surface area contributed by atoms with E-state index in [1.165, 1.54) is 10.4 Å². The van der Waals surface area contributed by atoms with Crippen molar-refractivity contribution in [2.24, 2.45) is 0 Å². The molecule has 1 unspecified atom stereocenters. The lowest BCUT2D eigenvalue weighted by Crippen LogP contribution is -2.36. The van der Waals surface area contributed by atoms with Gasteiger partial charge in [0, 0.05) is 29.9 Å². The van der Waals surface area contributed by atoms with Gasteiger partial charge < -0.3 is 10.6 Å². The third-order valence-electron chi connectivity index (χ3n) is 3.65. The van der Waals surface area contributed by atoms with Crippen molar-refractivity contribution in [3.63, 3.8) is 0 Å². The second-order valence-corrected chi connectivity index (χ2v) is 6.29. The largest absolute Gasteiger partial charge is 0.391 e. The number of nitrogens with zero attached hydrogens (tertiary/aromatic N) is 2. The molecule has 0 bridgehead atoms. The predicted molar refractivity (Wildman–Crippen MR) is 87.1 cm³/mol. The molecule has 2 aromatic rings. The van der Waals surface area contributed by atoms with E-state index in [1.807, 2.05) is 18.5 Å². The molecule has 20 heavy (non-hydrogen) atoms. The predicted octanol–water partition coefficient (Wildman–Crippen LogP) is 3.22. The number of nitrogen functional groups attached to an aromatic ring is 1. The smallest absolute Gasteiger partial charge is 0.0859 e. The van der Waals surface area contributed by atoms with Gasteiger partial charge >= 0.3 is 0 Å². The molecule has 2 heterocycles. The Bertz CT molecular complexity index is 509. The van der Waals surface area contributed by atoms with E-state index >= 15 is 0 Å². The zero-order valence-electron chi connectivity index (χ0n) is 12.2. The van der Waals surface area contributed by atoms with E-state index in [2.05, 4.69) is 41.9 Å². The summed E-state index contributed by atoms with van der Waals surface area (Å²) in [4.78, 5) is 7.96. The molecule has 2 rings (SSSR count). The quantitative estimate of drug-likeness (QED) is 0.851. The second kappa shape index (κ2) is 7.41. The fraction of sp³-hybridized carbons (Fsp3) is 0.438. The van der Waals surface area contributed by atoms with E-state index in [0.717, 1.165) is 30.9 Å². The van der Waals surface area contributed by atoms with Crippen LogP contribution in [-0.4, -0.2) is 29.0 Å². The number of rotatable bonds is 7. The van der Waals surface area contributed by atoms with Crippen LogP contribution in [-0.2, 0) is 12.8 Å². The highest BCUT2D eigenvalue weighted by atomic mass is 32.1. The molecule has 1 atom stereocenters. The number of anilines is 1. The molecule has 4 heteroatoms. The summed E-state index contributed by atoms with van der Waals surface area (Å²) in [7, 11) is 0. The van der Waals surface area contributed by atoms with Gasteiger partial charge in [0.05, 0.1) is 5.00 Å². The van der Waals surface area contributed by atoms with Crippen molar-refractivity contribution >= 4 is 16.3 Å². The van der Waals surface area contributed by atoms with Crippen molar-refractivity contribution in [1.29, 1.82) is 0 Å². The summed E-state index contributed by atoms with van der Waals surface area (Å²) in [5.74, 6) is 0. The van der Waals surface area contributed by atoms with Gasteiger partial charge in [-0.05, 0) is 56.1 Å². The van der Waals surface area contributed by atoms with Crippen LogP contribution in [0.15, 0.2) is 36.7 Å². The maximum absolute atomic E-state index is 5.80. The summed E-state index contributed by atoms with van der Waals surface area (Å²) in [5, 5.41) is 0.909. The topological polar surface area (TPSA) is 42.2 Å². The number of aromatic nitrogens is 1. The first-order valence-corrected chi connectivity index (χ1v) is 7.97. The minimum absolute atomic E-state index is 0.542. The van der Waals surface area contributed by atoms with E-state index in [1.54, 1.807) is 11.3 Å². The third kappa shape index (κ3) is 4.32. The van der Waals surface area contributed by atoms with Crippen LogP contribution in [0.5, 0.6) is 0 Å². The lowest BCUT2D eigenvalue weighted by atomic mass is 10.1. The molecule has 3 nitrogen and oxygen atoms in total. The standard InChI is InChI=1S/C16H23N3S/c1-3-19(11-8-14-6-9-18-10-7-14)13(2)12-15-4-5-16(17)20-15/h4-7,9-10,13H,3,8,11-12,17H2,1-2H3. The Balaban J connectivity index is 1.87. The Morgan fingerprint density at radius 3 is 2.60 bits per heavy atom. The number of hydrogen-bond acceptors (Lipinski definition) is 4. The summed E-state index contributed by atoms with van der Waals surface area (Å²) in [5.41, 5.74) is 7.15. The highest BCUT2D eigenvalue weighted by Crippen LogP contribution is 2.21. The van der Waals surface area contributed by atoms with Crippen molar-refractivity contribution < 1.29 is 0 Å². The number of pyridine rings is 1. The van der Waals surface area contributed by atoms with Crippen LogP contribution in [0.4, 0.5) is 5.00 Å². The van der Waals surface area contributed by atoms with E-state index in [9.17, 15) is 0 Å². The molecule has 0 aliphatic rings. The molecule has 108 valence electrons. The normalized spacial score (nSPS) is 12.8. The highest BCUT2D eigenvalue weighted by molar-refractivity contribution is 7.15. The molecule has 0 fully saturated rings. The molecule has 0 radical (unpaired) electrons. The van der Waals surface area contributed by atoms with Gasteiger partial charge in [0.1, 0.15) is 0 Å². The van der Waals surface area contributed by atoms with Crippen molar-refractivity contribution in [2.45, 2.75) is 32.7 Å². The fourth-order valence-electron chi connectivity index (χ4n) is 2.44. The maximum Gasteiger partial charge on any atom is 0.0859 e. The Morgan fingerprint density at radius 1 is 1.25 bits per heavy atom. The molecular weight excluding hydrogens is 266 g/mol. The molecule has 2 N–H and O–H groups in total. The average Bonchev–Trinajstić information content (AvgIpc) is 2.86. The van der Waals surface area contributed by atoms with Crippen LogP contribution in [0.25, 0.3) is 0 Å². The molecule has 0 amide bonds. The monoisotopic (exact) mass is 289 g/mol. The Hall–Kier alpha value is -1.39. The minimum Gasteiger partial charge on any atom is -0.391 e. The van der Waals surface area contributed by atoms with Crippen LogP contribution in [0.1, 0.15) is 24.3 Å². The lowest BCUT2D eigenvalue weighted by Gasteiger charge is -2.27. The van der Waals surface area contributed by atoms with Gasteiger partial charge in [0.25, 0.3) is 0 Å². The van der Waals surface area contributed by atoms with Gasteiger partial charge in [0.2, 0.25) is 0 Å². The first kappa shape index (κ1) is 15.0. The zero-order valence-corrected chi connectivity index (χ0v) is 13.1. The van der Waals surface area contributed by atoms with E-state index in [4.69, 9.17) is 5.73 Å². The second-order valence-electron chi connectivity index (χ2n) is 5.09. The summed E-state index contributed by atoms with van der Waals surface area (Å²) < 4.78 is 0. The van der Waals surface area contributed by atoms with Gasteiger partial charge in [-0.15, -0.1) is 11.3 Å². The third-order valence-corrected chi connectivity index (χ3v) is 4.58. The molecule has 0 spiro atoms. The number of likely N-dealkylation sites (N-methyl/N-ethyl adjacent to an activating group) is 1. The van der Waals surface area contributed by atoms with Gasteiger partial charge in [-0.2, -0.15) is 0 Å². The van der Waals surface area contributed by atoms with E-state index < -0.39 is 0 Å². The molecule has 0 aliphatic carbocycles. The van der Waals surface area contributed by atoms with E-state index in [-0.39, 0.29) is 0 Å². The maximum atomic E-state index is 5.80. The van der Waals surface area contributed by atoms with Crippen molar-refractivity contribution in [1.82, 2.24) is 9.88 Å². The zero-order chi connectivity index (χ0) is 14.4. The molecule has 0 saturated carbocycles. The number of hydrogen-bond donors (Lipinski definition) is 1. The van der Waals surface area contributed by atoms with Crippen molar-refractivity contribution in [3.05, 3.63) is 47.1 Å². The summed E-state index contributed by atoms with van der Waals surface area (Å²) in [6.45, 7) is 6.69. The Morgan fingerprint density at radius 2 is 2.00 bits per heavy atom. The first-order valence-electron chi connectivity index (χ1n) is 7.16. The average molecular weight is 289 g/mol. The summed E-state index contributed by atoms with van der Waals surface area (Å²) in [6.07, 6.45) is 5.88. The molecule has 0 aliphatic heterocycles. The lowest BCUT2D eigenvalue weighted by molar-refractivity contribution is 0.222. The Labute approximate surface area is 125 Å². The van der Waals surface area contributed by atoms with Crippen LogP contribution in [0.3, 0.4) is 0 Å². The molecular formula is C16H23N3S. The van der Waals surface area contributed by atoms with E-state index in [0.29, 0.717) is 6.04 Å². The molecule has 0 aromatic carbocycles. The van der Waals surface area contributed by atoms with Crippen LogP contribution < -0.4 is 5.73 Å². The van der Waals surface area contributed by atoms with Crippen LogP contribution in [0.2, 0.25) is 0 Å². The van der Waals surface area contributed by atoms with Gasteiger partial charge in [-0.1, -0.05) is 6.92 Å². The van der Waals surface area contributed by atoms with Crippen molar-refractivity contribution in [2.75, 3.05) is 18.8 Å². The first-order chi connectivity index (χ1) is 9.69.